The van der Waals surface area contributed by atoms with Gasteiger partial charge in [0.2, 0.25) is 0 Å². The molecule has 0 fully saturated rings. The maximum atomic E-state index is 12.4. The second kappa shape index (κ2) is 8.55. The molecule has 0 aliphatic carbocycles. The topological polar surface area (TPSA) is 66.2 Å². The zero-order valence-electron chi connectivity index (χ0n) is 16.6. The number of fused-ring (bicyclic) bond motifs is 1. The van der Waals surface area contributed by atoms with Crippen molar-refractivity contribution in [2.75, 3.05) is 6.61 Å². The van der Waals surface area contributed by atoms with Crippen LogP contribution in [0.3, 0.4) is 0 Å². The molecule has 4 aromatic rings. The van der Waals surface area contributed by atoms with Gasteiger partial charge in [-0.3, -0.25) is 0 Å². The maximum Gasteiger partial charge on any atom is 0.339 e. The summed E-state index contributed by atoms with van der Waals surface area (Å²) < 4.78 is 12.7. The van der Waals surface area contributed by atoms with Crippen LogP contribution in [0.25, 0.3) is 11.0 Å². The summed E-state index contributed by atoms with van der Waals surface area (Å²) in [6, 6.07) is 18.9. The van der Waals surface area contributed by atoms with E-state index in [2.05, 4.69) is 10.1 Å². The van der Waals surface area contributed by atoms with Crippen molar-refractivity contribution in [2.45, 2.75) is 20.4 Å². The lowest BCUT2D eigenvalue weighted by molar-refractivity contribution is 0.0528. The third-order valence-corrected chi connectivity index (χ3v) is 4.77. The van der Waals surface area contributed by atoms with E-state index in [0.717, 1.165) is 17.1 Å². The van der Waals surface area contributed by atoms with Crippen molar-refractivity contribution in [3.05, 3.63) is 82.6 Å². The molecular weight excluding hydrogens is 402 g/mol. The summed E-state index contributed by atoms with van der Waals surface area (Å²) >= 11 is 6.17. The molecule has 0 bridgehead atoms. The fraction of sp³-hybridized carbons (Fsp3) is 0.174. The molecule has 6 nitrogen and oxygen atoms in total. The highest BCUT2D eigenvalue weighted by Gasteiger charge is 2.20. The number of benzene rings is 2. The van der Waals surface area contributed by atoms with E-state index < -0.39 is 5.97 Å². The van der Waals surface area contributed by atoms with Gasteiger partial charge in [0.15, 0.2) is 5.65 Å². The van der Waals surface area contributed by atoms with Crippen LogP contribution in [0, 0.1) is 6.92 Å². The number of esters is 1. The minimum Gasteiger partial charge on any atom is -0.462 e. The molecule has 0 amide bonds. The number of pyridine rings is 1. The predicted molar refractivity (Wildman–Crippen MR) is 115 cm³/mol. The Labute approximate surface area is 179 Å². The van der Waals surface area contributed by atoms with E-state index in [1.54, 1.807) is 11.6 Å². The Bertz CT molecular complexity index is 1190. The molecule has 152 valence electrons. The molecule has 2 heterocycles. The number of nitrogens with zero attached hydrogens (tertiary/aromatic N) is 3. The number of halogens is 1. The molecule has 2 aromatic heterocycles. The van der Waals surface area contributed by atoms with Gasteiger partial charge in [0.25, 0.3) is 0 Å². The first kappa shape index (κ1) is 19.9. The Kier molecular flexibility index (Phi) is 5.68. The highest BCUT2D eigenvalue weighted by Crippen LogP contribution is 2.26. The fourth-order valence-electron chi connectivity index (χ4n) is 3.26. The van der Waals surface area contributed by atoms with E-state index in [1.165, 1.54) is 6.07 Å². The monoisotopic (exact) mass is 421 g/mol. The zero-order valence-corrected chi connectivity index (χ0v) is 17.4. The van der Waals surface area contributed by atoms with Crippen molar-refractivity contribution in [1.82, 2.24) is 14.8 Å². The van der Waals surface area contributed by atoms with Crippen molar-refractivity contribution < 1.29 is 14.3 Å². The first-order valence-corrected chi connectivity index (χ1v) is 9.95. The molecule has 7 heteroatoms. The smallest absolute Gasteiger partial charge is 0.339 e. The minimum atomic E-state index is -0.433. The molecule has 0 aliphatic heterocycles. The molecular formula is C23H20ClN3O3. The molecule has 0 N–H and O–H groups in total. The van der Waals surface area contributed by atoms with E-state index in [0.29, 0.717) is 28.8 Å². The van der Waals surface area contributed by atoms with Crippen LogP contribution >= 0.6 is 11.6 Å². The SMILES string of the molecule is CCOC(=O)c1cc(Cl)nc2c1c(C)nn2Cc1ccc(Oc2ccccc2)cc1. The second-order valence-corrected chi connectivity index (χ2v) is 7.10. The third-order valence-electron chi connectivity index (χ3n) is 4.58. The lowest BCUT2D eigenvalue weighted by Gasteiger charge is -2.08. The van der Waals surface area contributed by atoms with Crippen LogP contribution in [0.1, 0.15) is 28.5 Å². The van der Waals surface area contributed by atoms with E-state index in [-0.39, 0.29) is 11.8 Å². The van der Waals surface area contributed by atoms with Crippen LogP contribution in [-0.2, 0) is 11.3 Å². The standard InChI is InChI=1S/C23H20ClN3O3/c1-3-29-23(28)19-13-20(24)25-22-21(19)15(2)26-27(22)14-16-9-11-18(12-10-16)30-17-7-5-4-6-8-17/h4-13H,3,14H2,1-2H3. The van der Waals surface area contributed by atoms with Crippen LogP contribution in [0.5, 0.6) is 11.5 Å². The molecule has 0 saturated heterocycles. The molecule has 0 spiro atoms. The predicted octanol–water partition coefficient (Wildman–Crippen LogP) is 5.41. The lowest BCUT2D eigenvalue weighted by Crippen LogP contribution is -2.07. The molecule has 30 heavy (non-hydrogen) atoms. The van der Waals surface area contributed by atoms with Crippen molar-refractivity contribution in [1.29, 1.82) is 0 Å². The summed E-state index contributed by atoms with van der Waals surface area (Å²) in [6.45, 7) is 4.36. The number of aromatic nitrogens is 3. The fourth-order valence-corrected chi connectivity index (χ4v) is 3.45. The molecule has 2 aromatic carbocycles. The Hall–Kier alpha value is -3.38. The first-order chi connectivity index (χ1) is 14.5. The Balaban J connectivity index is 1.62. The number of carbonyl (C=O) groups is 1. The van der Waals surface area contributed by atoms with Gasteiger partial charge in [-0.1, -0.05) is 41.9 Å². The highest BCUT2D eigenvalue weighted by atomic mass is 35.5. The average molecular weight is 422 g/mol. The van der Waals surface area contributed by atoms with Crippen molar-refractivity contribution in [2.24, 2.45) is 0 Å². The highest BCUT2D eigenvalue weighted by molar-refractivity contribution is 6.30. The van der Waals surface area contributed by atoms with Crippen LogP contribution < -0.4 is 4.74 Å². The summed E-state index contributed by atoms with van der Waals surface area (Å²) in [6.07, 6.45) is 0. The van der Waals surface area contributed by atoms with Crippen molar-refractivity contribution in [3.8, 4) is 11.5 Å². The molecule has 0 atom stereocenters. The number of para-hydroxylation sites is 1. The molecule has 0 aliphatic rings. The molecule has 0 radical (unpaired) electrons. The van der Waals surface area contributed by atoms with Gasteiger partial charge < -0.3 is 9.47 Å². The van der Waals surface area contributed by atoms with Gasteiger partial charge in [-0.05, 0) is 49.7 Å². The van der Waals surface area contributed by atoms with Crippen LogP contribution in [0.15, 0.2) is 60.7 Å². The average Bonchev–Trinajstić information content (AvgIpc) is 3.05. The quantitative estimate of drug-likeness (QED) is 0.307. The zero-order chi connectivity index (χ0) is 21.1. The van der Waals surface area contributed by atoms with Crippen molar-refractivity contribution >= 4 is 28.6 Å². The first-order valence-electron chi connectivity index (χ1n) is 9.57. The summed E-state index contributed by atoms with van der Waals surface area (Å²) in [5, 5.41) is 5.45. The number of carbonyl (C=O) groups excluding carboxylic acids is 1. The van der Waals surface area contributed by atoms with E-state index in [4.69, 9.17) is 21.1 Å². The van der Waals surface area contributed by atoms with Gasteiger partial charge in [0, 0.05) is 0 Å². The normalized spacial score (nSPS) is 10.9. The van der Waals surface area contributed by atoms with Gasteiger partial charge in [-0.15, -0.1) is 0 Å². The Morgan fingerprint density at radius 1 is 1.07 bits per heavy atom. The van der Waals surface area contributed by atoms with Crippen LogP contribution in [0.4, 0.5) is 0 Å². The van der Waals surface area contributed by atoms with Gasteiger partial charge in [-0.25, -0.2) is 14.5 Å². The molecule has 4 rings (SSSR count). The number of rotatable bonds is 6. The second-order valence-electron chi connectivity index (χ2n) is 6.71. The number of hydrogen-bond acceptors (Lipinski definition) is 5. The van der Waals surface area contributed by atoms with Gasteiger partial charge in [-0.2, -0.15) is 5.10 Å². The molecule has 0 unspecified atom stereocenters. The van der Waals surface area contributed by atoms with Crippen molar-refractivity contribution in [3.63, 3.8) is 0 Å². The van der Waals surface area contributed by atoms with Gasteiger partial charge in [0.05, 0.1) is 29.8 Å². The lowest BCUT2D eigenvalue weighted by atomic mass is 10.1. The number of ether oxygens (including phenoxy) is 2. The van der Waals surface area contributed by atoms with Crippen LogP contribution in [0.2, 0.25) is 5.15 Å². The van der Waals surface area contributed by atoms with Gasteiger partial charge >= 0.3 is 5.97 Å². The number of aryl methyl sites for hydroxylation is 1. The minimum absolute atomic E-state index is 0.221. The summed E-state index contributed by atoms with van der Waals surface area (Å²) in [7, 11) is 0. The third kappa shape index (κ3) is 4.14. The largest absolute Gasteiger partial charge is 0.462 e. The van der Waals surface area contributed by atoms with Crippen LogP contribution in [-0.4, -0.2) is 27.3 Å². The molecule has 0 saturated carbocycles. The van der Waals surface area contributed by atoms with E-state index in [9.17, 15) is 4.79 Å². The van der Waals surface area contributed by atoms with E-state index in [1.807, 2.05) is 61.5 Å². The summed E-state index contributed by atoms with van der Waals surface area (Å²) in [4.78, 5) is 16.8. The Morgan fingerprint density at radius 2 is 1.77 bits per heavy atom. The van der Waals surface area contributed by atoms with E-state index >= 15 is 0 Å². The Morgan fingerprint density at radius 3 is 2.47 bits per heavy atom. The van der Waals surface area contributed by atoms with Gasteiger partial charge in [0.1, 0.15) is 16.7 Å². The maximum absolute atomic E-state index is 12.4. The summed E-state index contributed by atoms with van der Waals surface area (Å²) in [5.41, 5.74) is 2.63. The number of hydrogen-bond donors (Lipinski definition) is 0. The summed E-state index contributed by atoms with van der Waals surface area (Å²) in [5.74, 6) is 1.10.